The minimum absolute atomic E-state index is 0.133. The van der Waals surface area contributed by atoms with E-state index in [0.717, 1.165) is 4.57 Å². The number of hydrogen-bond donors (Lipinski definition) is 3. The second-order valence-electron chi connectivity index (χ2n) is 6.61. The smallest absolute Gasteiger partial charge is 0.330 e. The van der Waals surface area contributed by atoms with Gasteiger partial charge in [0.15, 0.2) is 6.23 Å². The maximum absolute atomic E-state index is 12.0. The fraction of sp³-hybridized carbons (Fsp3) is 0.733. The monoisotopic (exact) mass is 392 g/mol. The number of aromatic amines is 1. The van der Waals surface area contributed by atoms with Crippen LogP contribution >= 0.6 is 21.6 Å². The average molecular weight is 392 g/mol. The normalized spacial score (nSPS) is 26.9. The standard InChI is InChI=1S/C15H24N2O6S2/c1-15(2,3)25-24-7-6-22-12-11(20)9(8-18)23-13(12)17-5-4-10(19)16-14(17)21/h4-5,9,11-13,18,20H,6-8H2,1-3H3,(H,16,19,21)/t9-,11-,12-,13-/m1/s1. The first-order chi connectivity index (χ1) is 11.7. The summed E-state index contributed by atoms with van der Waals surface area (Å²) in [6.07, 6.45) is -2.38. The van der Waals surface area contributed by atoms with Crippen molar-refractivity contribution in [2.75, 3.05) is 19.0 Å². The summed E-state index contributed by atoms with van der Waals surface area (Å²) in [5, 5.41) is 19.6. The average Bonchev–Trinajstić information content (AvgIpc) is 2.82. The zero-order chi connectivity index (χ0) is 18.6. The Balaban J connectivity index is 2.04. The lowest BCUT2D eigenvalue weighted by atomic mass is 10.1. The Morgan fingerprint density at radius 1 is 1.40 bits per heavy atom. The molecule has 25 heavy (non-hydrogen) atoms. The van der Waals surface area contributed by atoms with Crippen molar-refractivity contribution >= 4 is 21.6 Å². The van der Waals surface area contributed by atoms with E-state index in [-0.39, 0.29) is 4.75 Å². The highest BCUT2D eigenvalue weighted by Gasteiger charge is 2.45. The number of aliphatic hydroxyl groups excluding tert-OH is 2. The molecule has 1 aliphatic rings. The first-order valence-electron chi connectivity index (χ1n) is 7.91. The molecule has 0 aromatic carbocycles. The van der Waals surface area contributed by atoms with Crippen molar-refractivity contribution in [3.63, 3.8) is 0 Å². The summed E-state index contributed by atoms with van der Waals surface area (Å²) in [6, 6.07) is 1.19. The van der Waals surface area contributed by atoms with Crippen molar-refractivity contribution in [1.82, 2.24) is 9.55 Å². The summed E-state index contributed by atoms with van der Waals surface area (Å²) >= 11 is 0. The molecule has 0 saturated carbocycles. The number of nitrogens with zero attached hydrogens (tertiary/aromatic N) is 1. The van der Waals surface area contributed by atoms with Gasteiger partial charge in [0.25, 0.3) is 5.56 Å². The van der Waals surface area contributed by atoms with E-state index in [2.05, 4.69) is 25.8 Å². The second kappa shape index (κ2) is 8.74. The third kappa shape index (κ3) is 5.60. The molecule has 1 aliphatic heterocycles. The SMILES string of the molecule is CC(C)(C)SSCCO[C@@H]1[C@H](O)[C@@H](CO)O[C@H]1n1ccc(=O)[nH]c1=O. The fourth-order valence-corrected chi connectivity index (χ4v) is 4.45. The molecule has 3 N–H and O–H groups in total. The summed E-state index contributed by atoms with van der Waals surface area (Å²) < 4.78 is 12.6. The van der Waals surface area contributed by atoms with Crippen LogP contribution in [0.3, 0.4) is 0 Å². The van der Waals surface area contributed by atoms with Crippen LogP contribution in [0.4, 0.5) is 0 Å². The highest BCUT2D eigenvalue weighted by atomic mass is 33.1. The molecule has 1 saturated heterocycles. The summed E-state index contributed by atoms with van der Waals surface area (Å²) in [4.78, 5) is 25.3. The number of hydrogen-bond acceptors (Lipinski definition) is 8. The first-order valence-corrected chi connectivity index (χ1v) is 10.2. The number of nitrogens with one attached hydrogen (secondary N) is 1. The van der Waals surface area contributed by atoms with E-state index < -0.39 is 42.4 Å². The van der Waals surface area contributed by atoms with Gasteiger partial charge >= 0.3 is 5.69 Å². The third-order valence-corrected chi connectivity index (χ3v) is 6.71. The van der Waals surface area contributed by atoms with Gasteiger partial charge in [0, 0.05) is 22.8 Å². The zero-order valence-electron chi connectivity index (χ0n) is 14.4. The minimum Gasteiger partial charge on any atom is -0.394 e. The van der Waals surface area contributed by atoms with Gasteiger partial charge in [-0.05, 0) is 0 Å². The lowest BCUT2D eigenvalue weighted by molar-refractivity contribution is -0.0711. The molecule has 0 amide bonds. The van der Waals surface area contributed by atoms with Crippen molar-refractivity contribution in [2.24, 2.45) is 0 Å². The number of aliphatic hydroxyl groups is 2. The maximum Gasteiger partial charge on any atom is 0.330 e. The van der Waals surface area contributed by atoms with E-state index >= 15 is 0 Å². The molecule has 1 fully saturated rings. The first kappa shape index (κ1) is 20.5. The van der Waals surface area contributed by atoms with E-state index in [0.29, 0.717) is 12.4 Å². The van der Waals surface area contributed by atoms with Crippen LogP contribution in [0.1, 0.15) is 27.0 Å². The molecule has 8 nitrogen and oxygen atoms in total. The van der Waals surface area contributed by atoms with Gasteiger partial charge in [0.1, 0.15) is 18.3 Å². The summed E-state index contributed by atoms with van der Waals surface area (Å²) in [5.41, 5.74) is -1.18. The number of rotatable bonds is 7. The third-order valence-electron chi connectivity index (χ3n) is 3.40. The predicted octanol–water partition coefficient (Wildman–Crippen LogP) is 0.352. The molecule has 10 heteroatoms. The van der Waals surface area contributed by atoms with Crippen LogP contribution in [-0.2, 0) is 9.47 Å². The lowest BCUT2D eigenvalue weighted by Crippen LogP contribution is -2.39. The van der Waals surface area contributed by atoms with E-state index in [9.17, 15) is 19.8 Å². The molecular formula is C15H24N2O6S2. The predicted molar refractivity (Wildman–Crippen MR) is 97.9 cm³/mol. The Hall–Kier alpha value is -0.780. The Morgan fingerprint density at radius 3 is 2.72 bits per heavy atom. The second-order valence-corrected chi connectivity index (χ2v) is 9.85. The Labute approximate surface area is 153 Å². The minimum atomic E-state index is -1.07. The fourth-order valence-electron chi connectivity index (χ4n) is 2.34. The Bertz CT molecular complexity index is 671. The summed E-state index contributed by atoms with van der Waals surface area (Å²) in [7, 11) is 3.39. The van der Waals surface area contributed by atoms with Crippen LogP contribution in [-0.4, -0.2) is 61.8 Å². The van der Waals surface area contributed by atoms with Crippen LogP contribution in [0.25, 0.3) is 0 Å². The molecule has 0 radical (unpaired) electrons. The molecule has 0 unspecified atom stereocenters. The van der Waals surface area contributed by atoms with Crippen molar-refractivity contribution < 1.29 is 19.7 Å². The van der Waals surface area contributed by atoms with Gasteiger partial charge in [-0.25, -0.2) is 4.79 Å². The van der Waals surface area contributed by atoms with Gasteiger partial charge in [-0.1, -0.05) is 42.4 Å². The van der Waals surface area contributed by atoms with Crippen LogP contribution in [0, 0.1) is 0 Å². The topological polar surface area (TPSA) is 114 Å². The van der Waals surface area contributed by atoms with Crippen LogP contribution in [0.2, 0.25) is 0 Å². The molecule has 0 bridgehead atoms. The van der Waals surface area contributed by atoms with Gasteiger partial charge in [0.2, 0.25) is 0 Å². The molecule has 142 valence electrons. The van der Waals surface area contributed by atoms with E-state index in [1.807, 2.05) is 0 Å². The van der Waals surface area contributed by atoms with Gasteiger partial charge in [-0.2, -0.15) is 0 Å². The number of H-pyrrole nitrogens is 1. The molecule has 2 rings (SSSR count). The lowest BCUT2D eigenvalue weighted by Gasteiger charge is -2.22. The van der Waals surface area contributed by atoms with Crippen molar-refractivity contribution in [2.45, 2.75) is 50.1 Å². The van der Waals surface area contributed by atoms with Crippen molar-refractivity contribution in [3.05, 3.63) is 33.1 Å². The van der Waals surface area contributed by atoms with Gasteiger partial charge in [-0.3, -0.25) is 14.3 Å². The van der Waals surface area contributed by atoms with Crippen LogP contribution in [0.5, 0.6) is 0 Å². The van der Waals surface area contributed by atoms with Crippen LogP contribution < -0.4 is 11.2 Å². The summed E-state index contributed by atoms with van der Waals surface area (Å²) in [5.74, 6) is 0.697. The highest BCUT2D eigenvalue weighted by molar-refractivity contribution is 8.77. The van der Waals surface area contributed by atoms with E-state index in [1.54, 1.807) is 21.6 Å². The molecular weight excluding hydrogens is 368 g/mol. The largest absolute Gasteiger partial charge is 0.394 e. The van der Waals surface area contributed by atoms with Crippen molar-refractivity contribution in [3.8, 4) is 0 Å². The van der Waals surface area contributed by atoms with Gasteiger partial charge < -0.3 is 19.7 Å². The van der Waals surface area contributed by atoms with Gasteiger partial charge in [0.05, 0.1) is 13.2 Å². The van der Waals surface area contributed by atoms with Gasteiger partial charge in [-0.15, -0.1) is 0 Å². The molecule has 2 heterocycles. The van der Waals surface area contributed by atoms with E-state index in [1.165, 1.54) is 12.3 Å². The number of aromatic nitrogens is 2. The summed E-state index contributed by atoms with van der Waals surface area (Å²) in [6.45, 7) is 6.30. The quantitative estimate of drug-likeness (QED) is 0.450. The molecule has 0 aliphatic carbocycles. The molecule has 0 spiro atoms. The molecule has 1 aromatic rings. The Kier molecular flexibility index (Phi) is 7.18. The maximum atomic E-state index is 12.0. The van der Waals surface area contributed by atoms with Crippen molar-refractivity contribution in [1.29, 1.82) is 0 Å². The van der Waals surface area contributed by atoms with Crippen LogP contribution in [0.15, 0.2) is 21.9 Å². The zero-order valence-corrected chi connectivity index (χ0v) is 16.0. The molecule has 1 aromatic heterocycles. The van der Waals surface area contributed by atoms with E-state index in [4.69, 9.17) is 9.47 Å². The highest BCUT2D eigenvalue weighted by Crippen LogP contribution is 2.35. The molecule has 4 atom stereocenters. The Morgan fingerprint density at radius 2 is 2.12 bits per heavy atom. The number of ether oxygens (including phenoxy) is 2.